The first kappa shape index (κ1) is 12.1. The highest BCUT2D eigenvalue weighted by Gasteiger charge is 2.23. The molecule has 0 amide bonds. The highest BCUT2D eigenvalue weighted by atomic mass is 16.1. The molecule has 17 heavy (non-hydrogen) atoms. The number of aromatic amines is 1. The Morgan fingerprint density at radius 2 is 2.47 bits per heavy atom. The Morgan fingerprint density at radius 1 is 1.65 bits per heavy atom. The molecule has 1 saturated heterocycles. The minimum absolute atomic E-state index is 0.113. The second-order valence-electron chi connectivity index (χ2n) is 4.92. The number of H-pyrrole nitrogens is 1. The van der Waals surface area contributed by atoms with Gasteiger partial charge in [-0.2, -0.15) is 0 Å². The van der Waals surface area contributed by atoms with Crippen molar-refractivity contribution in [2.24, 2.45) is 5.92 Å². The molecule has 0 spiro atoms. The van der Waals surface area contributed by atoms with Crippen LogP contribution < -0.4 is 10.9 Å². The maximum absolute atomic E-state index is 11.1. The molecule has 1 aliphatic heterocycles. The standard InChI is InChI=1S/C12H20N4O/c1-9(2)16-4-3-10(7-16)6-13-11-5-12(17)15-8-14-11/h5,8-10H,3-4,6-7H2,1-2H3,(H2,13,14,15,17). The molecule has 1 aromatic heterocycles. The maximum Gasteiger partial charge on any atom is 0.252 e. The molecular weight excluding hydrogens is 216 g/mol. The molecule has 1 aliphatic rings. The number of aromatic nitrogens is 2. The van der Waals surface area contributed by atoms with Gasteiger partial charge in [0.2, 0.25) is 0 Å². The quantitative estimate of drug-likeness (QED) is 0.816. The third-order valence-electron chi connectivity index (χ3n) is 3.30. The summed E-state index contributed by atoms with van der Waals surface area (Å²) < 4.78 is 0. The van der Waals surface area contributed by atoms with Gasteiger partial charge in [0.15, 0.2) is 0 Å². The van der Waals surface area contributed by atoms with Crippen LogP contribution in [0.4, 0.5) is 5.82 Å². The zero-order chi connectivity index (χ0) is 12.3. The Morgan fingerprint density at radius 3 is 3.12 bits per heavy atom. The van der Waals surface area contributed by atoms with E-state index < -0.39 is 0 Å². The number of likely N-dealkylation sites (tertiary alicyclic amines) is 1. The Labute approximate surface area is 101 Å². The van der Waals surface area contributed by atoms with Gasteiger partial charge in [0.25, 0.3) is 5.56 Å². The summed E-state index contributed by atoms with van der Waals surface area (Å²) in [5, 5.41) is 3.23. The first-order chi connectivity index (χ1) is 8.15. The van der Waals surface area contributed by atoms with Crippen LogP contribution in [0.15, 0.2) is 17.2 Å². The van der Waals surface area contributed by atoms with E-state index in [0.717, 1.165) is 13.1 Å². The summed E-state index contributed by atoms with van der Waals surface area (Å²) in [5.41, 5.74) is -0.113. The van der Waals surface area contributed by atoms with E-state index in [1.807, 2.05) is 0 Å². The van der Waals surface area contributed by atoms with Gasteiger partial charge < -0.3 is 15.2 Å². The number of nitrogens with zero attached hydrogens (tertiary/aromatic N) is 2. The van der Waals surface area contributed by atoms with Crippen LogP contribution in [0.2, 0.25) is 0 Å². The Kier molecular flexibility index (Phi) is 3.78. The lowest BCUT2D eigenvalue weighted by Gasteiger charge is -2.20. The Bertz CT molecular complexity index is 415. The minimum atomic E-state index is -0.113. The average molecular weight is 236 g/mol. The van der Waals surface area contributed by atoms with Crippen LogP contribution in [0.3, 0.4) is 0 Å². The molecular formula is C12H20N4O. The lowest BCUT2D eigenvalue weighted by atomic mass is 10.1. The fraction of sp³-hybridized carbons (Fsp3) is 0.667. The first-order valence-electron chi connectivity index (χ1n) is 6.18. The molecule has 1 atom stereocenters. The molecule has 0 radical (unpaired) electrons. The summed E-state index contributed by atoms with van der Waals surface area (Å²) in [5.74, 6) is 1.32. The van der Waals surface area contributed by atoms with Crippen molar-refractivity contribution in [1.82, 2.24) is 14.9 Å². The predicted octanol–water partition coefficient (Wildman–Crippen LogP) is 0.912. The molecule has 5 nitrogen and oxygen atoms in total. The van der Waals surface area contributed by atoms with Crippen molar-refractivity contribution >= 4 is 5.82 Å². The van der Waals surface area contributed by atoms with Gasteiger partial charge in [-0.15, -0.1) is 0 Å². The summed E-state index contributed by atoms with van der Waals surface area (Å²) in [6.07, 6.45) is 2.65. The van der Waals surface area contributed by atoms with Gasteiger partial charge in [0.05, 0.1) is 6.33 Å². The van der Waals surface area contributed by atoms with E-state index >= 15 is 0 Å². The van der Waals surface area contributed by atoms with Crippen LogP contribution in [0.25, 0.3) is 0 Å². The summed E-state index contributed by atoms with van der Waals surface area (Å²) in [6.45, 7) is 7.66. The summed E-state index contributed by atoms with van der Waals surface area (Å²) in [7, 11) is 0. The summed E-state index contributed by atoms with van der Waals surface area (Å²) >= 11 is 0. The van der Waals surface area contributed by atoms with E-state index in [1.165, 1.54) is 25.4 Å². The van der Waals surface area contributed by atoms with E-state index in [-0.39, 0.29) is 5.56 Å². The zero-order valence-corrected chi connectivity index (χ0v) is 10.4. The third-order valence-corrected chi connectivity index (χ3v) is 3.30. The fourth-order valence-corrected chi connectivity index (χ4v) is 2.21. The first-order valence-corrected chi connectivity index (χ1v) is 6.18. The summed E-state index contributed by atoms with van der Waals surface area (Å²) in [6, 6.07) is 2.12. The normalized spacial score (nSPS) is 21.0. The largest absolute Gasteiger partial charge is 0.370 e. The second kappa shape index (κ2) is 5.31. The zero-order valence-electron chi connectivity index (χ0n) is 10.4. The molecule has 1 aromatic rings. The van der Waals surface area contributed by atoms with E-state index in [1.54, 1.807) is 0 Å². The van der Waals surface area contributed by atoms with E-state index in [9.17, 15) is 4.79 Å². The van der Waals surface area contributed by atoms with Gasteiger partial charge in [-0.3, -0.25) is 4.79 Å². The minimum Gasteiger partial charge on any atom is -0.370 e. The van der Waals surface area contributed by atoms with Crippen LogP contribution in [0, 0.1) is 5.92 Å². The van der Waals surface area contributed by atoms with Crippen molar-refractivity contribution in [3.8, 4) is 0 Å². The van der Waals surface area contributed by atoms with Crippen molar-refractivity contribution in [2.45, 2.75) is 26.3 Å². The number of rotatable bonds is 4. The highest BCUT2D eigenvalue weighted by molar-refractivity contribution is 5.31. The molecule has 0 aromatic carbocycles. The van der Waals surface area contributed by atoms with Gasteiger partial charge in [0, 0.05) is 25.2 Å². The van der Waals surface area contributed by atoms with Crippen molar-refractivity contribution < 1.29 is 0 Å². The van der Waals surface area contributed by atoms with Crippen LogP contribution in [-0.4, -0.2) is 40.5 Å². The smallest absolute Gasteiger partial charge is 0.252 e. The van der Waals surface area contributed by atoms with Crippen LogP contribution >= 0.6 is 0 Å². The van der Waals surface area contributed by atoms with Gasteiger partial charge in [0.1, 0.15) is 5.82 Å². The molecule has 0 aliphatic carbocycles. The topological polar surface area (TPSA) is 61.0 Å². The lowest BCUT2D eigenvalue weighted by Crippen LogP contribution is -2.29. The van der Waals surface area contributed by atoms with Gasteiger partial charge in [-0.25, -0.2) is 4.98 Å². The molecule has 1 fully saturated rings. The molecule has 94 valence electrons. The van der Waals surface area contributed by atoms with E-state index in [2.05, 4.69) is 34.0 Å². The molecule has 2 N–H and O–H groups in total. The number of nitrogens with one attached hydrogen (secondary N) is 2. The van der Waals surface area contributed by atoms with E-state index in [0.29, 0.717) is 17.8 Å². The molecule has 2 rings (SSSR count). The summed E-state index contributed by atoms with van der Waals surface area (Å²) in [4.78, 5) is 20.1. The molecule has 0 bridgehead atoms. The third kappa shape index (κ3) is 3.30. The van der Waals surface area contributed by atoms with Crippen LogP contribution in [-0.2, 0) is 0 Å². The number of hydrogen-bond donors (Lipinski definition) is 2. The van der Waals surface area contributed by atoms with Crippen LogP contribution in [0.5, 0.6) is 0 Å². The second-order valence-corrected chi connectivity index (χ2v) is 4.92. The number of hydrogen-bond acceptors (Lipinski definition) is 4. The maximum atomic E-state index is 11.1. The highest BCUT2D eigenvalue weighted by Crippen LogP contribution is 2.18. The Balaban J connectivity index is 1.82. The molecule has 1 unspecified atom stereocenters. The molecule has 0 saturated carbocycles. The Hall–Kier alpha value is -1.36. The van der Waals surface area contributed by atoms with Crippen molar-refractivity contribution in [2.75, 3.05) is 25.0 Å². The fourth-order valence-electron chi connectivity index (χ4n) is 2.21. The van der Waals surface area contributed by atoms with Crippen molar-refractivity contribution in [1.29, 1.82) is 0 Å². The van der Waals surface area contributed by atoms with Crippen molar-refractivity contribution in [3.63, 3.8) is 0 Å². The van der Waals surface area contributed by atoms with Gasteiger partial charge in [-0.1, -0.05) is 0 Å². The molecule has 2 heterocycles. The van der Waals surface area contributed by atoms with Gasteiger partial charge >= 0.3 is 0 Å². The monoisotopic (exact) mass is 236 g/mol. The van der Waals surface area contributed by atoms with E-state index in [4.69, 9.17) is 0 Å². The predicted molar refractivity (Wildman–Crippen MR) is 68.2 cm³/mol. The SMILES string of the molecule is CC(C)N1CCC(CNc2cc(=O)[nH]cn2)C1. The van der Waals surface area contributed by atoms with Crippen LogP contribution in [0.1, 0.15) is 20.3 Å². The molecule has 5 heteroatoms. The number of anilines is 1. The van der Waals surface area contributed by atoms with Crippen molar-refractivity contribution in [3.05, 3.63) is 22.7 Å². The average Bonchev–Trinajstić information content (AvgIpc) is 2.75. The lowest BCUT2D eigenvalue weighted by molar-refractivity contribution is 0.266. The van der Waals surface area contributed by atoms with Gasteiger partial charge in [-0.05, 0) is 32.7 Å².